The molecule has 1 aliphatic carbocycles. The van der Waals surface area contributed by atoms with Gasteiger partial charge in [-0.25, -0.2) is 0 Å². The van der Waals surface area contributed by atoms with Gasteiger partial charge < -0.3 is 9.47 Å². The highest BCUT2D eigenvalue weighted by Crippen LogP contribution is 2.54. The number of nitrogens with zero attached hydrogens (tertiary/aromatic N) is 1. The first-order valence-corrected chi connectivity index (χ1v) is 6.86. The van der Waals surface area contributed by atoms with E-state index in [0.717, 1.165) is 6.42 Å². The lowest BCUT2D eigenvalue weighted by Crippen LogP contribution is -2.18. The number of Topliss-reactive ketones (excluding diaryl/α,β-unsaturated/α-hetero) is 1. The SMILES string of the molecule is CC1(C)CC1C(=O)C(C#N)c1ccc2c(c1)OCCO2. The van der Waals surface area contributed by atoms with Gasteiger partial charge in [-0.2, -0.15) is 5.26 Å². The summed E-state index contributed by atoms with van der Waals surface area (Å²) in [4.78, 5) is 12.4. The molecule has 1 heterocycles. The summed E-state index contributed by atoms with van der Waals surface area (Å²) >= 11 is 0. The zero-order chi connectivity index (χ0) is 14.3. The van der Waals surface area contributed by atoms with E-state index in [2.05, 4.69) is 19.9 Å². The lowest BCUT2D eigenvalue weighted by atomic mass is 9.91. The van der Waals surface area contributed by atoms with Crippen LogP contribution in [0.3, 0.4) is 0 Å². The number of fused-ring (bicyclic) bond motifs is 1. The monoisotopic (exact) mass is 271 g/mol. The Bertz CT molecular complexity index is 600. The number of carbonyl (C=O) groups excluding carboxylic acids is 1. The quantitative estimate of drug-likeness (QED) is 0.848. The Morgan fingerprint density at radius 3 is 2.60 bits per heavy atom. The van der Waals surface area contributed by atoms with Crippen LogP contribution in [-0.2, 0) is 4.79 Å². The first-order chi connectivity index (χ1) is 9.53. The molecule has 1 aliphatic heterocycles. The van der Waals surface area contributed by atoms with Crippen molar-refractivity contribution < 1.29 is 14.3 Å². The van der Waals surface area contributed by atoms with Crippen LogP contribution in [0.15, 0.2) is 18.2 Å². The Hall–Kier alpha value is -2.02. The average molecular weight is 271 g/mol. The molecule has 3 rings (SSSR count). The van der Waals surface area contributed by atoms with Crippen molar-refractivity contribution in [2.45, 2.75) is 26.2 Å². The molecular weight excluding hydrogens is 254 g/mol. The van der Waals surface area contributed by atoms with Crippen LogP contribution in [0, 0.1) is 22.7 Å². The summed E-state index contributed by atoms with van der Waals surface area (Å²) < 4.78 is 11.0. The molecule has 0 spiro atoms. The van der Waals surface area contributed by atoms with E-state index < -0.39 is 5.92 Å². The third-order valence-electron chi connectivity index (χ3n) is 4.17. The normalized spacial score (nSPS) is 23.6. The molecule has 104 valence electrons. The molecule has 0 amide bonds. The van der Waals surface area contributed by atoms with Crippen LogP contribution in [0.4, 0.5) is 0 Å². The summed E-state index contributed by atoms with van der Waals surface area (Å²) in [6.45, 7) is 5.15. The van der Waals surface area contributed by atoms with Gasteiger partial charge in [-0.1, -0.05) is 19.9 Å². The maximum Gasteiger partial charge on any atom is 0.161 e. The molecule has 1 saturated carbocycles. The third kappa shape index (κ3) is 2.14. The van der Waals surface area contributed by atoms with Crippen LogP contribution in [0.25, 0.3) is 0 Å². The number of ketones is 1. The largest absolute Gasteiger partial charge is 0.486 e. The van der Waals surface area contributed by atoms with Gasteiger partial charge in [0.25, 0.3) is 0 Å². The van der Waals surface area contributed by atoms with E-state index in [-0.39, 0.29) is 17.1 Å². The predicted octanol–water partition coefficient (Wildman–Crippen LogP) is 2.68. The topological polar surface area (TPSA) is 59.3 Å². The first-order valence-electron chi connectivity index (χ1n) is 6.86. The highest BCUT2D eigenvalue weighted by Gasteiger charge is 2.52. The molecule has 4 nitrogen and oxygen atoms in total. The van der Waals surface area contributed by atoms with Crippen molar-refractivity contribution in [1.82, 2.24) is 0 Å². The Labute approximate surface area is 118 Å². The molecule has 1 aromatic carbocycles. The van der Waals surface area contributed by atoms with E-state index >= 15 is 0 Å². The van der Waals surface area contributed by atoms with Gasteiger partial charge in [-0.15, -0.1) is 0 Å². The number of hydrogen-bond donors (Lipinski definition) is 0. The second-order valence-electron chi connectivity index (χ2n) is 6.11. The fraction of sp³-hybridized carbons (Fsp3) is 0.500. The number of benzene rings is 1. The Kier molecular flexibility index (Phi) is 2.93. The fourth-order valence-corrected chi connectivity index (χ4v) is 2.70. The Morgan fingerprint density at radius 2 is 2.00 bits per heavy atom. The number of rotatable bonds is 3. The molecule has 0 radical (unpaired) electrons. The van der Waals surface area contributed by atoms with E-state index in [1.165, 1.54) is 0 Å². The van der Waals surface area contributed by atoms with Gasteiger partial charge in [-0.3, -0.25) is 4.79 Å². The van der Waals surface area contributed by atoms with E-state index in [0.29, 0.717) is 30.3 Å². The highest BCUT2D eigenvalue weighted by atomic mass is 16.6. The van der Waals surface area contributed by atoms with Gasteiger partial charge in [-0.05, 0) is 29.5 Å². The zero-order valence-electron chi connectivity index (χ0n) is 11.7. The van der Waals surface area contributed by atoms with Crippen molar-refractivity contribution >= 4 is 5.78 Å². The van der Waals surface area contributed by atoms with Crippen LogP contribution < -0.4 is 9.47 Å². The fourth-order valence-electron chi connectivity index (χ4n) is 2.70. The lowest BCUT2D eigenvalue weighted by Gasteiger charge is -2.19. The molecule has 0 aromatic heterocycles. The highest BCUT2D eigenvalue weighted by molar-refractivity contribution is 5.93. The molecule has 4 heteroatoms. The van der Waals surface area contributed by atoms with Gasteiger partial charge in [0.15, 0.2) is 17.3 Å². The number of nitriles is 1. The molecule has 0 N–H and O–H groups in total. The van der Waals surface area contributed by atoms with E-state index in [1.54, 1.807) is 18.2 Å². The zero-order valence-corrected chi connectivity index (χ0v) is 11.7. The van der Waals surface area contributed by atoms with Crippen molar-refractivity contribution in [1.29, 1.82) is 5.26 Å². The van der Waals surface area contributed by atoms with E-state index in [4.69, 9.17) is 9.47 Å². The van der Waals surface area contributed by atoms with Crippen molar-refractivity contribution in [3.63, 3.8) is 0 Å². The second kappa shape index (κ2) is 4.52. The van der Waals surface area contributed by atoms with Gasteiger partial charge in [0.05, 0.1) is 6.07 Å². The molecule has 0 saturated heterocycles. The van der Waals surface area contributed by atoms with Gasteiger partial charge in [0, 0.05) is 5.92 Å². The molecule has 2 unspecified atom stereocenters. The molecule has 1 fully saturated rings. The van der Waals surface area contributed by atoms with Crippen molar-refractivity contribution in [2.24, 2.45) is 11.3 Å². The van der Waals surface area contributed by atoms with Crippen LogP contribution >= 0.6 is 0 Å². The molecule has 20 heavy (non-hydrogen) atoms. The first kappa shape index (κ1) is 13.0. The maximum atomic E-state index is 12.4. The van der Waals surface area contributed by atoms with E-state index in [9.17, 15) is 10.1 Å². The minimum Gasteiger partial charge on any atom is -0.486 e. The van der Waals surface area contributed by atoms with Crippen LogP contribution in [0.5, 0.6) is 11.5 Å². The molecule has 2 atom stereocenters. The summed E-state index contributed by atoms with van der Waals surface area (Å²) in [5, 5.41) is 9.36. The van der Waals surface area contributed by atoms with Crippen molar-refractivity contribution in [3.8, 4) is 17.6 Å². The molecule has 2 aliphatic rings. The lowest BCUT2D eigenvalue weighted by molar-refractivity contribution is -0.121. The summed E-state index contributed by atoms with van der Waals surface area (Å²) in [5.41, 5.74) is 0.740. The van der Waals surface area contributed by atoms with Gasteiger partial charge in [0.2, 0.25) is 0 Å². The number of ether oxygens (including phenoxy) is 2. The maximum absolute atomic E-state index is 12.4. The smallest absolute Gasteiger partial charge is 0.161 e. The number of hydrogen-bond acceptors (Lipinski definition) is 4. The van der Waals surface area contributed by atoms with Crippen LogP contribution in [0.1, 0.15) is 31.7 Å². The molecule has 1 aromatic rings. The minimum atomic E-state index is -0.711. The molecule has 0 bridgehead atoms. The van der Waals surface area contributed by atoms with Crippen molar-refractivity contribution in [2.75, 3.05) is 13.2 Å². The Morgan fingerprint density at radius 1 is 1.35 bits per heavy atom. The number of carbonyl (C=O) groups is 1. The van der Waals surface area contributed by atoms with Gasteiger partial charge >= 0.3 is 0 Å². The Balaban J connectivity index is 1.87. The van der Waals surface area contributed by atoms with Crippen LogP contribution in [0.2, 0.25) is 0 Å². The standard InChI is InChI=1S/C16H17NO3/c1-16(2)8-12(16)15(18)11(9-17)10-3-4-13-14(7-10)20-6-5-19-13/h3-4,7,11-12H,5-6,8H2,1-2H3. The summed E-state index contributed by atoms with van der Waals surface area (Å²) in [6, 6.07) is 7.46. The summed E-state index contributed by atoms with van der Waals surface area (Å²) in [5.74, 6) is 0.611. The third-order valence-corrected chi connectivity index (χ3v) is 4.17. The van der Waals surface area contributed by atoms with Gasteiger partial charge in [0.1, 0.15) is 19.1 Å². The summed E-state index contributed by atoms with van der Waals surface area (Å²) in [7, 11) is 0. The van der Waals surface area contributed by atoms with Crippen molar-refractivity contribution in [3.05, 3.63) is 23.8 Å². The van der Waals surface area contributed by atoms with E-state index in [1.807, 2.05) is 0 Å². The second-order valence-corrected chi connectivity index (χ2v) is 6.11. The van der Waals surface area contributed by atoms with Crippen LogP contribution in [-0.4, -0.2) is 19.0 Å². The minimum absolute atomic E-state index is 0.000325. The average Bonchev–Trinajstić information content (AvgIpc) is 3.08. The molecular formula is C16H17NO3. The predicted molar refractivity (Wildman–Crippen MR) is 72.7 cm³/mol. The summed E-state index contributed by atoms with van der Waals surface area (Å²) in [6.07, 6.45) is 0.870.